The van der Waals surface area contributed by atoms with Gasteiger partial charge in [-0.3, -0.25) is 14.4 Å². The fourth-order valence-corrected chi connectivity index (χ4v) is 2.58. The van der Waals surface area contributed by atoms with E-state index < -0.39 is 0 Å². The molecular formula is C22H25N3O4. The number of nitrogens with zero attached hydrogens (tertiary/aromatic N) is 1. The Morgan fingerprint density at radius 2 is 1.83 bits per heavy atom. The molecule has 0 heterocycles. The number of carbonyl (C=O) groups is 3. The van der Waals surface area contributed by atoms with E-state index >= 15 is 0 Å². The summed E-state index contributed by atoms with van der Waals surface area (Å²) >= 11 is 0. The molecule has 2 aromatic carbocycles. The van der Waals surface area contributed by atoms with Crippen molar-refractivity contribution < 1.29 is 19.1 Å². The lowest BCUT2D eigenvalue weighted by Crippen LogP contribution is -2.36. The highest BCUT2D eigenvalue weighted by molar-refractivity contribution is 5.98. The van der Waals surface area contributed by atoms with Crippen LogP contribution in [0, 0.1) is 0 Å². The van der Waals surface area contributed by atoms with Gasteiger partial charge in [0.25, 0.3) is 5.91 Å². The number of benzene rings is 2. The van der Waals surface area contributed by atoms with Crippen LogP contribution in [0.25, 0.3) is 6.08 Å². The Morgan fingerprint density at radius 3 is 2.45 bits per heavy atom. The van der Waals surface area contributed by atoms with Gasteiger partial charge in [-0.05, 0) is 42.8 Å². The molecule has 3 amide bonds. The summed E-state index contributed by atoms with van der Waals surface area (Å²) in [7, 11) is 3.12. The van der Waals surface area contributed by atoms with Crippen molar-refractivity contribution in [2.24, 2.45) is 0 Å². The van der Waals surface area contributed by atoms with Gasteiger partial charge in [-0.2, -0.15) is 0 Å². The molecule has 0 bridgehead atoms. The number of methoxy groups -OCH3 is 1. The quantitative estimate of drug-likeness (QED) is 0.673. The van der Waals surface area contributed by atoms with Crippen molar-refractivity contribution in [1.82, 2.24) is 10.2 Å². The number of rotatable bonds is 8. The van der Waals surface area contributed by atoms with E-state index in [2.05, 4.69) is 10.6 Å². The number of amides is 3. The molecule has 2 rings (SSSR count). The van der Waals surface area contributed by atoms with E-state index in [9.17, 15) is 14.4 Å². The van der Waals surface area contributed by atoms with Gasteiger partial charge in [-0.15, -0.1) is 0 Å². The van der Waals surface area contributed by atoms with E-state index in [1.807, 2.05) is 6.92 Å². The van der Waals surface area contributed by atoms with Gasteiger partial charge in [0.2, 0.25) is 11.8 Å². The van der Waals surface area contributed by atoms with Crippen LogP contribution in [0.2, 0.25) is 0 Å². The van der Waals surface area contributed by atoms with Crippen LogP contribution in [0.5, 0.6) is 5.75 Å². The minimum absolute atomic E-state index is 0.0630. The molecule has 0 atom stereocenters. The third kappa shape index (κ3) is 6.49. The van der Waals surface area contributed by atoms with Gasteiger partial charge in [0, 0.05) is 37.0 Å². The fraction of sp³-hybridized carbons (Fsp3) is 0.227. The van der Waals surface area contributed by atoms with Gasteiger partial charge in [0.05, 0.1) is 7.11 Å². The maximum Gasteiger partial charge on any atom is 0.251 e. The minimum Gasteiger partial charge on any atom is -0.497 e. The van der Waals surface area contributed by atoms with Crippen molar-refractivity contribution in [2.45, 2.75) is 6.92 Å². The summed E-state index contributed by atoms with van der Waals surface area (Å²) in [5, 5.41) is 5.31. The second-order valence-corrected chi connectivity index (χ2v) is 6.17. The average Bonchev–Trinajstić information content (AvgIpc) is 2.75. The Labute approximate surface area is 170 Å². The number of hydrogen-bond donors (Lipinski definition) is 2. The molecule has 0 spiro atoms. The largest absolute Gasteiger partial charge is 0.497 e. The molecule has 29 heavy (non-hydrogen) atoms. The van der Waals surface area contributed by atoms with Crippen molar-refractivity contribution in [3.8, 4) is 5.75 Å². The summed E-state index contributed by atoms with van der Waals surface area (Å²) in [6, 6.07) is 13.9. The Bertz CT molecular complexity index is 891. The number of likely N-dealkylation sites (N-methyl/N-ethyl adjacent to an activating group) is 1. The van der Waals surface area contributed by atoms with Crippen LogP contribution in [0.4, 0.5) is 5.69 Å². The summed E-state index contributed by atoms with van der Waals surface area (Å²) in [6.07, 6.45) is 3.07. The summed E-state index contributed by atoms with van der Waals surface area (Å²) in [5.41, 5.74) is 1.92. The smallest absolute Gasteiger partial charge is 0.251 e. The van der Waals surface area contributed by atoms with Crippen LogP contribution in [0.1, 0.15) is 22.8 Å². The zero-order chi connectivity index (χ0) is 21.2. The Balaban J connectivity index is 1.96. The van der Waals surface area contributed by atoms with Crippen molar-refractivity contribution in [3.63, 3.8) is 0 Å². The molecule has 0 aliphatic carbocycles. The SMILES string of the molecule is CCN(CC(=O)Nc1cccc(OC)c1)C(=O)/C=C/c1ccc(C(=O)NC)cc1. The van der Waals surface area contributed by atoms with E-state index in [4.69, 9.17) is 4.74 Å². The maximum absolute atomic E-state index is 12.4. The molecule has 0 aliphatic heterocycles. The van der Waals surface area contributed by atoms with Crippen LogP contribution in [-0.4, -0.2) is 49.9 Å². The van der Waals surface area contributed by atoms with E-state index in [0.29, 0.717) is 23.5 Å². The van der Waals surface area contributed by atoms with Crippen LogP contribution in [0.15, 0.2) is 54.6 Å². The third-order valence-corrected chi connectivity index (χ3v) is 4.20. The first-order chi connectivity index (χ1) is 14.0. The molecule has 7 heteroatoms. The van der Waals surface area contributed by atoms with E-state index in [1.165, 1.54) is 11.0 Å². The van der Waals surface area contributed by atoms with Gasteiger partial charge in [-0.25, -0.2) is 0 Å². The van der Waals surface area contributed by atoms with Crippen molar-refractivity contribution in [1.29, 1.82) is 0 Å². The standard InChI is InChI=1S/C22H25N3O4/c1-4-25(15-20(26)24-18-6-5-7-19(14-18)29-3)21(27)13-10-16-8-11-17(12-9-16)22(28)23-2/h5-14H,4,15H2,1-3H3,(H,23,28)(H,24,26)/b13-10+. The average molecular weight is 395 g/mol. The van der Waals surface area contributed by atoms with E-state index in [-0.39, 0.29) is 24.3 Å². The lowest BCUT2D eigenvalue weighted by Gasteiger charge is -2.18. The Hall–Kier alpha value is -3.61. The molecule has 2 N–H and O–H groups in total. The number of carbonyl (C=O) groups excluding carboxylic acids is 3. The first kappa shape index (κ1) is 21.7. The second kappa shape index (κ2) is 10.7. The Kier molecular flexibility index (Phi) is 7.97. The van der Waals surface area contributed by atoms with Crippen LogP contribution in [-0.2, 0) is 9.59 Å². The lowest BCUT2D eigenvalue weighted by molar-refractivity contribution is -0.130. The van der Waals surface area contributed by atoms with Gasteiger partial charge in [0.1, 0.15) is 12.3 Å². The lowest BCUT2D eigenvalue weighted by atomic mass is 10.1. The highest BCUT2D eigenvalue weighted by Gasteiger charge is 2.13. The maximum atomic E-state index is 12.4. The summed E-state index contributed by atoms with van der Waals surface area (Å²) in [6.45, 7) is 2.14. The second-order valence-electron chi connectivity index (χ2n) is 6.17. The summed E-state index contributed by atoms with van der Waals surface area (Å²) in [4.78, 5) is 37.7. The van der Waals surface area contributed by atoms with Gasteiger partial charge in [0.15, 0.2) is 0 Å². The van der Waals surface area contributed by atoms with Gasteiger partial charge < -0.3 is 20.3 Å². The molecule has 0 saturated carbocycles. The first-order valence-electron chi connectivity index (χ1n) is 9.19. The van der Waals surface area contributed by atoms with Gasteiger partial charge >= 0.3 is 0 Å². The molecular weight excluding hydrogens is 370 g/mol. The number of hydrogen-bond acceptors (Lipinski definition) is 4. The molecule has 0 fully saturated rings. The summed E-state index contributed by atoms with van der Waals surface area (Å²) < 4.78 is 5.13. The first-order valence-corrected chi connectivity index (χ1v) is 9.19. The molecule has 0 radical (unpaired) electrons. The predicted molar refractivity (Wildman–Crippen MR) is 113 cm³/mol. The van der Waals surface area contributed by atoms with Crippen molar-refractivity contribution in [2.75, 3.05) is 32.6 Å². The number of nitrogens with one attached hydrogen (secondary N) is 2. The molecule has 0 aliphatic rings. The number of anilines is 1. The van der Waals surface area contributed by atoms with Gasteiger partial charge in [-0.1, -0.05) is 18.2 Å². The third-order valence-electron chi connectivity index (χ3n) is 4.20. The summed E-state index contributed by atoms with van der Waals surface area (Å²) in [5.74, 6) is -0.104. The van der Waals surface area contributed by atoms with Crippen LogP contribution >= 0.6 is 0 Å². The molecule has 152 valence electrons. The van der Waals surface area contributed by atoms with Crippen LogP contribution in [0.3, 0.4) is 0 Å². The molecule has 0 unspecified atom stereocenters. The van der Waals surface area contributed by atoms with Crippen LogP contribution < -0.4 is 15.4 Å². The molecule has 2 aromatic rings. The molecule has 7 nitrogen and oxygen atoms in total. The predicted octanol–water partition coefficient (Wildman–Crippen LogP) is 2.56. The molecule has 0 aromatic heterocycles. The highest BCUT2D eigenvalue weighted by Crippen LogP contribution is 2.16. The highest BCUT2D eigenvalue weighted by atomic mass is 16.5. The fourth-order valence-electron chi connectivity index (χ4n) is 2.58. The topological polar surface area (TPSA) is 87.7 Å². The minimum atomic E-state index is -0.295. The monoisotopic (exact) mass is 395 g/mol. The van der Waals surface area contributed by atoms with E-state index in [1.54, 1.807) is 68.8 Å². The zero-order valence-corrected chi connectivity index (χ0v) is 16.8. The number of ether oxygens (including phenoxy) is 1. The molecule has 0 saturated heterocycles. The van der Waals surface area contributed by atoms with Crippen molar-refractivity contribution in [3.05, 3.63) is 65.7 Å². The normalized spacial score (nSPS) is 10.4. The Morgan fingerprint density at radius 1 is 1.10 bits per heavy atom. The van der Waals surface area contributed by atoms with Crippen molar-refractivity contribution >= 4 is 29.5 Å². The zero-order valence-electron chi connectivity index (χ0n) is 16.8. The van der Waals surface area contributed by atoms with E-state index in [0.717, 1.165) is 5.56 Å².